The van der Waals surface area contributed by atoms with Crippen molar-refractivity contribution in [1.82, 2.24) is 5.32 Å². The summed E-state index contributed by atoms with van der Waals surface area (Å²) in [7, 11) is 0. The molecule has 0 aliphatic carbocycles. The van der Waals surface area contributed by atoms with Crippen molar-refractivity contribution in [2.75, 3.05) is 18.4 Å². The topological polar surface area (TPSA) is 70.6 Å². The number of amides is 1. The summed E-state index contributed by atoms with van der Waals surface area (Å²) in [5, 5.41) is 5.83. The van der Waals surface area contributed by atoms with Crippen LogP contribution in [-0.4, -0.2) is 30.6 Å². The van der Waals surface area contributed by atoms with Gasteiger partial charge in [0.25, 0.3) is 0 Å². The average molecular weight is 243 g/mol. The van der Waals surface area contributed by atoms with E-state index in [1.54, 1.807) is 18.2 Å². The molecule has 1 aromatic rings. The van der Waals surface area contributed by atoms with Gasteiger partial charge in [-0.15, -0.1) is 0 Å². The van der Waals surface area contributed by atoms with Crippen LogP contribution >= 0.6 is 0 Å². The highest BCUT2D eigenvalue weighted by Gasteiger charge is 2.20. The molecule has 2 aliphatic rings. The first-order valence-electron chi connectivity index (χ1n) is 5.95. The largest absolute Gasteiger partial charge is 0.372 e. The summed E-state index contributed by atoms with van der Waals surface area (Å²) >= 11 is 0. The van der Waals surface area contributed by atoms with Gasteiger partial charge in [-0.1, -0.05) is 0 Å². The molecule has 0 fully saturated rings. The monoisotopic (exact) mass is 243 g/mol. The zero-order valence-corrected chi connectivity index (χ0v) is 9.82. The number of Topliss-reactive ketones (excluding diaryl/α,β-unsaturated/α-hetero) is 1. The highest BCUT2D eigenvalue weighted by molar-refractivity contribution is 6.10. The van der Waals surface area contributed by atoms with Crippen LogP contribution in [0.15, 0.2) is 23.2 Å². The molecule has 0 spiro atoms. The Morgan fingerprint density at radius 3 is 3.06 bits per heavy atom. The first-order valence-corrected chi connectivity index (χ1v) is 5.95. The van der Waals surface area contributed by atoms with Crippen LogP contribution in [0.5, 0.6) is 0 Å². The number of hydrogen-bond acceptors (Lipinski definition) is 4. The zero-order valence-electron chi connectivity index (χ0n) is 9.82. The molecule has 2 N–H and O–H groups in total. The molecule has 92 valence electrons. The molecule has 1 aromatic carbocycles. The number of aliphatic imine (C=N–C) groups is 1. The normalized spacial score (nSPS) is 16.9. The average Bonchev–Trinajstić information content (AvgIpc) is 2.95. The van der Waals surface area contributed by atoms with Crippen LogP contribution in [0.25, 0.3) is 0 Å². The lowest BCUT2D eigenvalue weighted by molar-refractivity contribution is -0.115. The maximum Gasteiger partial charge on any atom is 0.228 e. The van der Waals surface area contributed by atoms with E-state index in [2.05, 4.69) is 15.6 Å². The molecule has 2 heterocycles. The lowest BCUT2D eigenvalue weighted by Crippen LogP contribution is -2.21. The van der Waals surface area contributed by atoms with Gasteiger partial charge in [0, 0.05) is 17.8 Å². The Morgan fingerprint density at radius 2 is 2.28 bits per heavy atom. The maximum atomic E-state index is 12.1. The quantitative estimate of drug-likeness (QED) is 0.770. The van der Waals surface area contributed by atoms with Crippen molar-refractivity contribution in [2.45, 2.75) is 12.8 Å². The second-order valence-electron chi connectivity index (χ2n) is 4.45. The fraction of sp³-hybridized carbons (Fsp3) is 0.308. The Hall–Kier alpha value is -2.17. The van der Waals surface area contributed by atoms with Crippen molar-refractivity contribution in [3.8, 4) is 0 Å². The van der Waals surface area contributed by atoms with Crippen LogP contribution in [0.4, 0.5) is 5.69 Å². The van der Waals surface area contributed by atoms with Gasteiger partial charge in [0.15, 0.2) is 5.78 Å². The fourth-order valence-electron chi connectivity index (χ4n) is 2.22. The van der Waals surface area contributed by atoms with Crippen LogP contribution in [-0.2, 0) is 11.2 Å². The van der Waals surface area contributed by atoms with Gasteiger partial charge in [-0.05, 0) is 23.8 Å². The van der Waals surface area contributed by atoms with Crippen LogP contribution < -0.4 is 10.6 Å². The summed E-state index contributed by atoms with van der Waals surface area (Å²) < 4.78 is 0. The van der Waals surface area contributed by atoms with Gasteiger partial charge in [-0.25, -0.2) is 0 Å². The standard InChI is InChI=1S/C13H13N3O2/c17-11(7-12-14-3-4-15-12)8-1-2-10-9(5-8)6-13(18)16-10/h1-2,5H,3-4,6-7H2,(H,14,15)(H,16,18). The van der Waals surface area contributed by atoms with E-state index < -0.39 is 0 Å². The minimum absolute atomic E-state index is 0.0172. The van der Waals surface area contributed by atoms with Crippen molar-refractivity contribution in [1.29, 1.82) is 0 Å². The summed E-state index contributed by atoms with van der Waals surface area (Å²) in [6.45, 7) is 1.55. The number of amidine groups is 1. The lowest BCUT2D eigenvalue weighted by Gasteiger charge is -2.04. The van der Waals surface area contributed by atoms with E-state index in [0.29, 0.717) is 18.4 Å². The number of carbonyl (C=O) groups excluding carboxylic acids is 2. The Labute approximate surface area is 104 Å². The fourth-order valence-corrected chi connectivity index (χ4v) is 2.22. The van der Waals surface area contributed by atoms with Gasteiger partial charge in [0.05, 0.1) is 19.4 Å². The molecular weight excluding hydrogens is 230 g/mol. The minimum atomic E-state index is -0.0172. The summed E-state index contributed by atoms with van der Waals surface area (Å²) in [6.07, 6.45) is 0.663. The van der Waals surface area contributed by atoms with Gasteiger partial charge in [-0.3, -0.25) is 14.6 Å². The summed E-state index contributed by atoms with van der Waals surface area (Å²) in [5.41, 5.74) is 2.35. The number of fused-ring (bicyclic) bond motifs is 1. The van der Waals surface area contributed by atoms with Crippen molar-refractivity contribution >= 4 is 23.2 Å². The van der Waals surface area contributed by atoms with Crippen LogP contribution in [0.3, 0.4) is 0 Å². The number of carbonyl (C=O) groups is 2. The molecule has 2 aliphatic heterocycles. The number of hydrogen-bond donors (Lipinski definition) is 2. The Balaban J connectivity index is 1.78. The Morgan fingerprint density at radius 1 is 1.39 bits per heavy atom. The maximum absolute atomic E-state index is 12.1. The van der Waals surface area contributed by atoms with Gasteiger partial charge < -0.3 is 10.6 Å². The van der Waals surface area contributed by atoms with Crippen LogP contribution in [0, 0.1) is 0 Å². The van der Waals surface area contributed by atoms with Gasteiger partial charge in [0.1, 0.15) is 5.84 Å². The first kappa shape index (κ1) is 11.0. The molecule has 0 saturated carbocycles. The third-order valence-corrected chi connectivity index (χ3v) is 3.12. The number of rotatable bonds is 3. The number of anilines is 1. The first-order chi connectivity index (χ1) is 8.72. The van der Waals surface area contributed by atoms with E-state index in [0.717, 1.165) is 30.2 Å². The molecule has 0 saturated heterocycles. The molecule has 3 rings (SSSR count). The molecule has 0 bridgehead atoms. The highest BCUT2D eigenvalue weighted by atomic mass is 16.1. The third-order valence-electron chi connectivity index (χ3n) is 3.12. The van der Waals surface area contributed by atoms with E-state index in [9.17, 15) is 9.59 Å². The zero-order chi connectivity index (χ0) is 12.5. The van der Waals surface area contributed by atoms with Crippen molar-refractivity contribution < 1.29 is 9.59 Å². The molecule has 0 unspecified atom stereocenters. The smallest absolute Gasteiger partial charge is 0.228 e. The number of nitrogens with zero attached hydrogens (tertiary/aromatic N) is 1. The SMILES string of the molecule is O=C1Cc2cc(C(=O)CC3=NCCN3)ccc2N1. The van der Waals surface area contributed by atoms with Crippen molar-refractivity contribution in [3.05, 3.63) is 29.3 Å². The van der Waals surface area contributed by atoms with Crippen LogP contribution in [0.2, 0.25) is 0 Å². The third kappa shape index (κ3) is 1.99. The number of nitrogens with one attached hydrogen (secondary N) is 2. The molecular formula is C13H13N3O2. The van der Waals surface area contributed by atoms with E-state index in [-0.39, 0.29) is 11.7 Å². The summed E-state index contributed by atoms with van der Waals surface area (Å²) in [6, 6.07) is 5.34. The Bertz CT molecular complexity index is 563. The molecule has 1 amide bonds. The summed E-state index contributed by atoms with van der Waals surface area (Å²) in [5.74, 6) is 0.774. The number of ketones is 1. The summed E-state index contributed by atoms with van der Waals surface area (Å²) in [4.78, 5) is 27.5. The molecule has 5 heteroatoms. The second kappa shape index (κ2) is 4.25. The van der Waals surface area contributed by atoms with E-state index in [1.807, 2.05) is 0 Å². The minimum Gasteiger partial charge on any atom is -0.372 e. The van der Waals surface area contributed by atoms with Crippen LogP contribution in [0.1, 0.15) is 22.3 Å². The van der Waals surface area contributed by atoms with Gasteiger partial charge in [-0.2, -0.15) is 0 Å². The molecule has 0 aromatic heterocycles. The number of benzene rings is 1. The van der Waals surface area contributed by atoms with E-state index in [4.69, 9.17) is 0 Å². The Kier molecular flexibility index (Phi) is 2.59. The predicted molar refractivity (Wildman–Crippen MR) is 68.0 cm³/mol. The molecule has 0 radical (unpaired) electrons. The molecule has 18 heavy (non-hydrogen) atoms. The van der Waals surface area contributed by atoms with E-state index in [1.165, 1.54) is 0 Å². The highest BCUT2D eigenvalue weighted by Crippen LogP contribution is 2.24. The molecule has 5 nitrogen and oxygen atoms in total. The van der Waals surface area contributed by atoms with Gasteiger partial charge in [0.2, 0.25) is 5.91 Å². The van der Waals surface area contributed by atoms with Crippen molar-refractivity contribution in [2.24, 2.45) is 4.99 Å². The predicted octanol–water partition coefficient (Wildman–Crippen LogP) is 0.756. The lowest BCUT2D eigenvalue weighted by atomic mass is 10.0. The second-order valence-corrected chi connectivity index (χ2v) is 4.45. The van der Waals surface area contributed by atoms with Crippen molar-refractivity contribution in [3.63, 3.8) is 0 Å². The molecule has 0 atom stereocenters. The van der Waals surface area contributed by atoms with E-state index >= 15 is 0 Å². The van der Waals surface area contributed by atoms with Gasteiger partial charge >= 0.3 is 0 Å².